The number of nitrogens with zero attached hydrogens (tertiary/aromatic N) is 1. The summed E-state index contributed by atoms with van der Waals surface area (Å²) in [6.45, 7) is 0. The van der Waals surface area contributed by atoms with E-state index in [1.165, 1.54) is 24.8 Å². The van der Waals surface area contributed by atoms with Gasteiger partial charge >= 0.3 is 0 Å². The van der Waals surface area contributed by atoms with Crippen LogP contribution in [-0.4, -0.2) is 10.3 Å². The SMILES string of the molecule is Br.BrCCCCc1ccncc1. The number of halogens is 2. The van der Waals surface area contributed by atoms with Crippen LogP contribution in [0.5, 0.6) is 0 Å². The second-order valence-corrected chi connectivity index (χ2v) is 3.29. The fraction of sp³-hybridized carbons (Fsp3) is 0.444. The Labute approximate surface area is 92.5 Å². The first-order chi connectivity index (χ1) is 5.43. The summed E-state index contributed by atoms with van der Waals surface area (Å²) < 4.78 is 0. The zero-order chi connectivity index (χ0) is 7.94. The topological polar surface area (TPSA) is 12.9 Å². The maximum Gasteiger partial charge on any atom is 0.0270 e. The van der Waals surface area contributed by atoms with Gasteiger partial charge < -0.3 is 0 Å². The van der Waals surface area contributed by atoms with Crippen molar-refractivity contribution in [2.24, 2.45) is 0 Å². The lowest BCUT2D eigenvalue weighted by Gasteiger charge is -1.97. The number of alkyl halides is 1. The molecule has 1 aromatic rings. The van der Waals surface area contributed by atoms with Gasteiger partial charge in [0.05, 0.1) is 0 Å². The van der Waals surface area contributed by atoms with E-state index in [1.54, 1.807) is 0 Å². The van der Waals surface area contributed by atoms with E-state index in [4.69, 9.17) is 0 Å². The van der Waals surface area contributed by atoms with Crippen LogP contribution in [0.15, 0.2) is 24.5 Å². The predicted molar refractivity (Wildman–Crippen MR) is 61.3 cm³/mol. The maximum atomic E-state index is 3.96. The molecule has 0 amide bonds. The summed E-state index contributed by atoms with van der Waals surface area (Å²) in [4.78, 5) is 3.96. The summed E-state index contributed by atoms with van der Waals surface area (Å²) in [6, 6.07) is 4.16. The average molecular weight is 295 g/mol. The summed E-state index contributed by atoms with van der Waals surface area (Å²) in [7, 11) is 0. The van der Waals surface area contributed by atoms with Crippen molar-refractivity contribution >= 4 is 32.9 Å². The first-order valence-electron chi connectivity index (χ1n) is 3.88. The Morgan fingerprint density at radius 2 is 1.83 bits per heavy atom. The second kappa shape index (κ2) is 7.74. The summed E-state index contributed by atoms with van der Waals surface area (Å²) >= 11 is 3.41. The van der Waals surface area contributed by atoms with E-state index in [1.807, 2.05) is 12.4 Å². The van der Waals surface area contributed by atoms with E-state index in [9.17, 15) is 0 Å². The fourth-order valence-electron chi connectivity index (χ4n) is 0.973. The van der Waals surface area contributed by atoms with Crippen LogP contribution in [0.2, 0.25) is 0 Å². The minimum Gasteiger partial charge on any atom is -0.265 e. The molecule has 0 aliphatic heterocycles. The van der Waals surface area contributed by atoms with Crippen LogP contribution in [-0.2, 0) is 6.42 Å². The Morgan fingerprint density at radius 1 is 1.17 bits per heavy atom. The molecule has 0 saturated carbocycles. The molecule has 0 unspecified atom stereocenters. The molecule has 0 aliphatic rings. The Hall–Kier alpha value is 0.110. The van der Waals surface area contributed by atoms with Crippen molar-refractivity contribution < 1.29 is 0 Å². The van der Waals surface area contributed by atoms with E-state index in [-0.39, 0.29) is 17.0 Å². The van der Waals surface area contributed by atoms with E-state index in [0.29, 0.717) is 0 Å². The molecular formula is C9H13Br2N. The van der Waals surface area contributed by atoms with Gasteiger partial charge in [-0.25, -0.2) is 0 Å². The van der Waals surface area contributed by atoms with Gasteiger partial charge in [-0.05, 0) is 37.0 Å². The number of rotatable bonds is 4. The number of aryl methyl sites for hydroxylation is 1. The van der Waals surface area contributed by atoms with E-state index < -0.39 is 0 Å². The summed E-state index contributed by atoms with van der Waals surface area (Å²) in [5.41, 5.74) is 1.39. The smallest absolute Gasteiger partial charge is 0.0270 e. The Bertz CT molecular complexity index is 189. The van der Waals surface area contributed by atoms with Gasteiger partial charge in [0.2, 0.25) is 0 Å². The molecule has 0 fully saturated rings. The molecule has 0 N–H and O–H groups in total. The van der Waals surface area contributed by atoms with E-state index in [0.717, 1.165) is 5.33 Å². The Morgan fingerprint density at radius 3 is 2.42 bits per heavy atom. The lowest BCUT2D eigenvalue weighted by Crippen LogP contribution is -1.85. The molecule has 1 heterocycles. The molecular weight excluding hydrogens is 282 g/mol. The molecule has 0 aliphatic carbocycles. The zero-order valence-corrected chi connectivity index (χ0v) is 10.2. The van der Waals surface area contributed by atoms with Crippen LogP contribution < -0.4 is 0 Å². The molecule has 0 bridgehead atoms. The molecule has 3 heteroatoms. The van der Waals surface area contributed by atoms with Crippen molar-refractivity contribution in [2.75, 3.05) is 5.33 Å². The van der Waals surface area contributed by atoms with Gasteiger partial charge in [0, 0.05) is 17.7 Å². The van der Waals surface area contributed by atoms with E-state index in [2.05, 4.69) is 33.0 Å². The number of aromatic nitrogens is 1. The van der Waals surface area contributed by atoms with Crippen molar-refractivity contribution in [3.8, 4) is 0 Å². The monoisotopic (exact) mass is 293 g/mol. The molecule has 12 heavy (non-hydrogen) atoms. The van der Waals surface area contributed by atoms with Gasteiger partial charge in [-0.3, -0.25) is 4.98 Å². The maximum absolute atomic E-state index is 3.96. The van der Waals surface area contributed by atoms with Gasteiger partial charge in [0.15, 0.2) is 0 Å². The van der Waals surface area contributed by atoms with Crippen LogP contribution in [0.1, 0.15) is 18.4 Å². The van der Waals surface area contributed by atoms with Crippen LogP contribution in [0.3, 0.4) is 0 Å². The van der Waals surface area contributed by atoms with Gasteiger partial charge in [0.25, 0.3) is 0 Å². The highest BCUT2D eigenvalue weighted by molar-refractivity contribution is 9.09. The summed E-state index contributed by atoms with van der Waals surface area (Å²) in [5.74, 6) is 0. The third kappa shape index (κ3) is 4.88. The molecule has 0 aromatic carbocycles. The average Bonchev–Trinajstić information content (AvgIpc) is 2.07. The standard InChI is InChI=1S/C9H12BrN.BrH/c10-6-2-1-3-9-4-7-11-8-5-9;/h4-5,7-8H,1-3,6H2;1H. The molecule has 0 radical (unpaired) electrons. The molecule has 68 valence electrons. The number of unbranched alkanes of at least 4 members (excludes halogenated alkanes) is 1. The first-order valence-corrected chi connectivity index (χ1v) is 5.00. The quantitative estimate of drug-likeness (QED) is 0.613. The molecule has 1 nitrogen and oxygen atoms in total. The number of hydrogen-bond donors (Lipinski definition) is 0. The molecule has 0 atom stereocenters. The normalized spacial score (nSPS) is 9.08. The van der Waals surface area contributed by atoms with Gasteiger partial charge in [-0.2, -0.15) is 0 Å². The minimum absolute atomic E-state index is 0. The van der Waals surface area contributed by atoms with Crippen molar-refractivity contribution in [2.45, 2.75) is 19.3 Å². The minimum atomic E-state index is 0. The summed E-state index contributed by atoms with van der Waals surface area (Å²) in [5, 5.41) is 1.11. The summed E-state index contributed by atoms with van der Waals surface area (Å²) in [6.07, 6.45) is 7.39. The van der Waals surface area contributed by atoms with Crippen LogP contribution in [0.4, 0.5) is 0 Å². The number of pyridine rings is 1. The third-order valence-corrected chi connectivity index (χ3v) is 2.16. The lowest BCUT2D eigenvalue weighted by molar-refractivity contribution is 0.804. The highest BCUT2D eigenvalue weighted by atomic mass is 79.9. The van der Waals surface area contributed by atoms with Gasteiger partial charge in [-0.1, -0.05) is 15.9 Å². The Kier molecular flexibility index (Phi) is 7.81. The third-order valence-electron chi connectivity index (χ3n) is 1.60. The molecule has 1 rings (SSSR count). The zero-order valence-electron chi connectivity index (χ0n) is 6.87. The fourth-order valence-corrected chi connectivity index (χ4v) is 1.37. The van der Waals surface area contributed by atoms with Crippen molar-refractivity contribution in [3.05, 3.63) is 30.1 Å². The Balaban J connectivity index is 0.00000121. The molecule has 0 saturated heterocycles. The molecule has 0 spiro atoms. The van der Waals surface area contributed by atoms with Gasteiger partial charge in [-0.15, -0.1) is 17.0 Å². The lowest BCUT2D eigenvalue weighted by atomic mass is 10.1. The van der Waals surface area contributed by atoms with Crippen molar-refractivity contribution in [1.29, 1.82) is 0 Å². The highest BCUT2D eigenvalue weighted by Crippen LogP contribution is 2.03. The second-order valence-electron chi connectivity index (χ2n) is 2.50. The van der Waals surface area contributed by atoms with E-state index >= 15 is 0 Å². The van der Waals surface area contributed by atoms with Crippen LogP contribution >= 0.6 is 32.9 Å². The van der Waals surface area contributed by atoms with Crippen LogP contribution in [0, 0.1) is 0 Å². The van der Waals surface area contributed by atoms with Crippen molar-refractivity contribution in [3.63, 3.8) is 0 Å². The molecule has 1 aromatic heterocycles. The number of hydrogen-bond acceptors (Lipinski definition) is 1. The van der Waals surface area contributed by atoms with Crippen LogP contribution in [0.25, 0.3) is 0 Å². The van der Waals surface area contributed by atoms with Crippen molar-refractivity contribution in [1.82, 2.24) is 4.98 Å². The highest BCUT2D eigenvalue weighted by Gasteiger charge is 1.90. The first kappa shape index (κ1) is 12.1. The predicted octanol–water partition coefficient (Wildman–Crippen LogP) is 3.38. The largest absolute Gasteiger partial charge is 0.265 e. The van der Waals surface area contributed by atoms with Gasteiger partial charge in [0.1, 0.15) is 0 Å².